The zero-order valence-electron chi connectivity index (χ0n) is 7.29. The topological polar surface area (TPSA) is 20.3 Å². The van der Waals surface area contributed by atoms with Crippen molar-refractivity contribution >= 4 is 28.7 Å². The third-order valence-corrected chi connectivity index (χ3v) is 3.60. The molecule has 2 rings (SSSR count). The summed E-state index contributed by atoms with van der Waals surface area (Å²) in [6.45, 7) is 0.860. The van der Waals surface area contributed by atoms with Crippen LogP contribution in [0.1, 0.15) is 17.3 Å². The average molecular weight is 216 g/mol. The summed E-state index contributed by atoms with van der Waals surface area (Å²) < 4.78 is 0.753. The van der Waals surface area contributed by atoms with Gasteiger partial charge in [0.2, 0.25) is 0 Å². The third-order valence-electron chi connectivity index (χ3n) is 2.32. The summed E-state index contributed by atoms with van der Waals surface area (Å²) in [4.78, 5) is 14.7. The summed E-state index contributed by atoms with van der Waals surface area (Å²) in [5.41, 5.74) is 0. The number of hydrogen-bond donors (Lipinski definition) is 0. The summed E-state index contributed by atoms with van der Waals surface area (Å²) in [5.74, 6) is 0.306. The number of carbonyl (C=O) groups is 1. The molecule has 0 saturated carbocycles. The minimum absolute atomic E-state index is 0.0440. The summed E-state index contributed by atoms with van der Waals surface area (Å²) in [6.07, 6.45) is 0.663. The molecular formula is C9H10ClNOS. The second-order valence-electron chi connectivity index (χ2n) is 3.24. The second-order valence-corrected chi connectivity index (χ2v) is 4.99. The normalized spacial score (nSPS) is 24.2. The molecule has 2 heterocycles. The van der Waals surface area contributed by atoms with Gasteiger partial charge in [0.15, 0.2) is 5.78 Å². The van der Waals surface area contributed by atoms with Crippen molar-refractivity contribution < 1.29 is 4.79 Å². The van der Waals surface area contributed by atoms with Crippen molar-refractivity contribution in [2.45, 2.75) is 12.5 Å². The molecule has 0 bridgehead atoms. The van der Waals surface area contributed by atoms with Crippen LogP contribution < -0.4 is 0 Å². The van der Waals surface area contributed by atoms with Gasteiger partial charge in [-0.25, -0.2) is 0 Å². The highest BCUT2D eigenvalue weighted by atomic mass is 35.5. The molecule has 0 N–H and O–H groups in total. The predicted octanol–water partition coefficient (Wildman–Crippen LogP) is 2.35. The molecule has 1 aromatic heterocycles. The van der Waals surface area contributed by atoms with Crippen LogP contribution in [0.15, 0.2) is 12.1 Å². The van der Waals surface area contributed by atoms with Crippen LogP contribution in [0.4, 0.5) is 0 Å². The van der Waals surface area contributed by atoms with Crippen molar-refractivity contribution in [3.05, 3.63) is 21.3 Å². The number of thiophene rings is 1. The Bertz CT molecular complexity index is 336. The van der Waals surface area contributed by atoms with Gasteiger partial charge in [0.1, 0.15) is 6.04 Å². The minimum atomic E-state index is -0.0440. The zero-order chi connectivity index (χ0) is 9.42. The Morgan fingerprint density at radius 3 is 2.85 bits per heavy atom. The molecule has 0 radical (unpaired) electrons. The van der Waals surface area contributed by atoms with E-state index in [0.29, 0.717) is 12.2 Å². The van der Waals surface area contributed by atoms with Gasteiger partial charge >= 0.3 is 0 Å². The molecular weight excluding hydrogens is 206 g/mol. The largest absolute Gasteiger partial charge is 0.297 e. The van der Waals surface area contributed by atoms with Crippen molar-refractivity contribution in [1.29, 1.82) is 0 Å². The quantitative estimate of drug-likeness (QED) is 0.717. The highest BCUT2D eigenvalue weighted by Crippen LogP contribution is 2.33. The van der Waals surface area contributed by atoms with Gasteiger partial charge in [-0.15, -0.1) is 11.3 Å². The van der Waals surface area contributed by atoms with E-state index in [1.165, 1.54) is 11.3 Å². The van der Waals surface area contributed by atoms with E-state index >= 15 is 0 Å². The number of nitrogens with zero attached hydrogens (tertiary/aromatic N) is 1. The van der Waals surface area contributed by atoms with E-state index < -0.39 is 0 Å². The number of Topliss-reactive ketones (excluding diaryl/α,β-unsaturated/α-hetero) is 1. The van der Waals surface area contributed by atoms with Gasteiger partial charge in [-0.05, 0) is 19.2 Å². The van der Waals surface area contributed by atoms with Crippen molar-refractivity contribution in [1.82, 2.24) is 4.90 Å². The van der Waals surface area contributed by atoms with Gasteiger partial charge < -0.3 is 0 Å². The van der Waals surface area contributed by atoms with E-state index in [2.05, 4.69) is 4.90 Å². The third kappa shape index (κ3) is 1.64. The highest BCUT2D eigenvalue weighted by molar-refractivity contribution is 7.16. The summed E-state index contributed by atoms with van der Waals surface area (Å²) in [5, 5.41) is 0. The first kappa shape index (κ1) is 9.19. The molecule has 13 heavy (non-hydrogen) atoms. The Labute approximate surface area is 86.1 Å². The monoisotopic (exact) mass is 215 g/mol. The van der Waals surface area contributed by atoms with E-state index in [0.717, 1.165) is 15.8 Å². The minimum Gasteiger partial charge on any atom is -0.297 e. The summed E-state index contributed by atoms with van der Waals surface area (Å²) in [6, 6.07) is 3.75. The lowest BCUT2D eigenvalue weighted by Gasteiger charge is -2.15. The fourth-order valence-electron chi connectivity index (χ4n) is 1.65. The number of hydrogen-bond acceptors (Lipinski definition) is 3. The SMILES string of the molecule is CN1CCC(=O)C1c1ccc(Cl)s1. The maximum absolute atomic E-state index is 11.5. The van der Waals surface area contributed by atoms with Crippen molar-refractivity contribution in [2.75, 3.05) is 13.6 Å². The van der Waals surface area contributed by atoms with E-state index in [4.69, 9.17) is 11.6 Å². The van der Waals surface area contributed by atoms with E-state index in [1.54, 1.807) is 0 Å². The molecule has 0 aromatic carbocycles. The lowest BCUT2D eigenvalue weighted by Crippen LogP contribution is -2.19. The molecule has 1 aliphatic heterocycles. The van der Waals surface area contributed by atoms with E-state index in [9.17, 15) is 4.79 Å². The van der Waals surface area contributed by atoms with Crippen LogP contribution in [0.3, 0.4) is 0 Å². The molecule has 4 heteroatoms. The molecule has 70 valence electrons. The zero-order valence-corrected chi connectivity index (χ0v) is 8.86. The number of likely N-dealkylation sites (tertiary alicyclic amines) is 1. The van der Waals surface area contributed by atoms with Crippen LogP contribution >= 0.6 is 22.9 Å². The summed E-state index contributed by atoms with van der Waals surface area (Å²) in [7, 11) is 1.98. The molecule has 0 aliphatic carbocycles. The van der Waals surface area contributed by atoms with Crippen LogP contribution in [-0.4, -0.2) is 24.3 Å². The molecule has 1 saturated heterocycles. The maximum Gasteiger partial charge on any atom is 0.156 e. The second kappa shape index (κ2) is 3.40. The average Bonchev–Trinajstić information content (AvgIpc) is 2.60. The first-order valence-corrected chi connectivity index (χ1v) is 5.36. The lowest BCUT2D eigenvalue weighted by molar-refractivity contribution is -0.119. The number of rotatable bonds is 1. The van der Waals surface area contributed by atoms with Gasteiger partial charge in [0.25, 0.3) is 0 Å². The molecule has 1 unspecified atom stereocenters. The molecule has 1 aromatic rings. The van der Waals surface area contributed by atoms with Crippen LogP contribution in [0.25, 0.3) is 0 Å². The Hall–Kier alpha value is -0.380. The Morgan fingerprint density at radius 1 is 1.62 bits per heavy atom. The van der Waals surface area contributed by atoms with Gasteiger partial charge in [-0.2, -0.15) is 0 Å². The molecule has 1 fully saturated rings. The van der Waals surface area contributed by atoms with Crippen LogP contribution in [0.5, 0.6) is 0 Å². The van der Waals surface area contributed by atoms with Crippen LogP contribution in [0, 0.1) is 0 Å². The molecule has 0 spiro atoms. The molecule has 1 aliphatic rings. The van der Waals surface area contributed by atoms with Gasteiger partial charge in [-0.1, -0.05) is 11.6 Å². The fourth-order valence-corrected chi connectivity index (χ4v) is 2.90. The Kier molecular flexibility index (Phi) is 2.41. The lowest BCUT2D eigenvalue weighted by atomic mass is 10.2. The van der Waals surface area contributed by atoms with Gasteiger partial charge in [-0.3, -0.25) is 9.69 Å². The van der Waals surface area contributed by atoms with Crippen molar-refractivity contribution in [3.63, 3.8) is 0 Å². The van der Waals surface area contributed by atoms with Crippen LogP contribution in [-0.2, 0) is 4.79 Å². The number of carbonyl (C=O) groups excluding carboxylic acids is 1. The highest BCUT2D eigenvalue weighted by Gasteiger charge is 2.31. The first-order valence-electron chi connectivity index (χ1n) is 4.16. The predicted molar refractivity (Wildman–Crippen MR) is 54.3 cm³/mol. The fraction of sp³-hybridized carbons (Fsp3) is 0.444. The van der Waals surface area contributed by atoms with Gasteiger partial charge in [0.05, 0.1) is 4.34 Å². The maximum atomic E-state index is 11.5. The molecule has 0 amide bonds. The first-order chi connectivity index (χ1) is 6.18. The van der Waals surface area contributed by atoms with Crippen LogP contribution in [0.2, 0.25) is 4.34 Å². The number of likely N-dealkylation sites (N-methyl/N-ethyl adjacent to an activating group) is 1. The summed E-state index contributed by atoms with van der Waals surface area (Å²) >= 11 is 7.32. The smallest absolute Gasteiger partial charge is 0.156 e. The van der Waals surface area contributed by atoms with E-state index in [1.807, 2.05) is 19.2 Å². The Morgan fingerprint density at radius 2 is 2.38 bits per heavy atom. The Balaban J connectivity index is 2.29. The number of halogens is 1. The van der Waals surface area contributed by atoms with Crippen molar-refractivity contribution in [2.24, 2.45) is 0 Å². The van der Waals surface area contributed by atoms with Gasteiger partial charge in [0, 0.05) is 17.8 Å². The molecule has 2 nitrogen and oxygen atoms in total. The van der Waals surface area contributed by atoms with E-state index in [-0.39, 0.29) is 6.04 Å². The van der Waals surface area contributed by atoms with Crippen molar-refractivity contribution in [3.8, 4) is 0 Å². The number of ketones is 1. The molecule has 1 atom stereocenters. The standard InChI is InChI=1S/C9H10ClNOS/c1-11-5-4-6(12)9(11)7-2-3-8(10)13-7/h2-3,9H,4-5H2,1H3.